The molecule has 0 saturated carbocycles. The van der Waals surface area contributed by atoms with Gasteiger partial charge < -0.3 is 5.32 Å². The molecule has 1 atom stereocenters. The average molecular weight is 423 g/mol. The summed E-state index contributed by atoms with van der Waals surface area (Å²) in [7, 11) is 0. The third-order valence-electron chi connectivity index (χ3n) is 6.77. The minimum atomic E-state index is 0. The van der Waals surface area contributed by atoms with Crippen molar-refractivity contribution in [3.63, 3.8) is 0 Å². The van der Waals surface area contributed by atoms with Crippen molar-refractivity contribution in [3.8, 4) is 0 Å². The number of likely N-dealkylation sites (tertiary alicyclic amines) is 1. The molecule has 4 rings (SSSR count). The first-order valence-electron chi connectivity index (χ1n) is 12.2. The quantitative estimate of drug-likeness (QED) is 0.573. The standard InChI is InChI=1S/C26H34N2O.C2H6.H2/c1-19-14-24-17-27-26(25(24)16-23(19)15-20(2)29)9-8-21-10-12-28(13-11-21)18-22-6-4-3-5-7-22;1-2;/h3-7,14,16,21,26-27H,8-13,15,17-18H2,1-2H3;1-2H3;1H. The number of nitrogens with one attached hydrogen (secondary N) is 1. The molecule has 31 heavy (non-hydrogen) atoms. The zero-order chi connectivity index (χ0) is 22.2. The summed E-state index contributed by atoms with van der Waals surface area (Å²) in [5.74, 6) is 1.09. The summed E-state index contributed by atoms with van der Waals surface area (Å²) in [5.41, 5.74) is 6.76. The molecule has 2 aromatic rings. The first-order chi connectivity index (χ1) is 15.1. The molecular formula is C28H42N2O. The topological polar surface area (TPSA) is 32.3 Å². The molecule has 0 radical (unpaired) electrons. The van der Waals surface area contributed by atoms with Crippen molar-refractivity contribution in [2.75, 3.05) is 13.1 Å². The normalized spacial score (nSPS) is 18.9. The highest BCUT2D eigenvalue weighted by atomic mass is 16.1. The second-order valence-corrected chi connectivity index (χ2v) is 9.07. The first kappa shape index (κ1) is 23.7. The van der Waals surface area contributed by atoms with E-state index in [4.69, 9.17) is 0 Å². The maximum atomic E-state index is 11.6. The molecule has 3 nitrogen and oxygen atoms in total. The third-order valence-corrected chi connectivity index (χ3v) is 6.77. The summed E-state index contributed by atoms with van der Waals surface area (Å²) >= 11 is 0. The minimum Gasteiger partial charge on any atom is -0.306 e. The van der Waals surface area contributed by atoms with Crippen LogP contribution in [-0.4, -0.2) is 23.8 Å². The molecule has 2 aliphatic heterocycles. The van der Waals surface area contributed by atoms with Gasteiger partial charge in [-0.25, -0.2) is 0 Å². The summed E-state index contributed by atoms with van der Waals surface area (Å²) in [6, 6.07) is 15.9. The van der Waals surface area contributed by atoms with Gasteiger partial charge in [-0.2, -0.15) is 0 Å². The number of hydrogen-bond acceptors (Lipinski definition) is 3. The predicted octanol–water partition coefficient (Wildman–Crippen LogP) is 6.24. The summed E-state index contributed by atoms with van der Waals surface area (Å²) in [5, 5.41) is 3.72. The van der Waals surface area contributed by atoms with Crippen molar-refractivity contribution in [3.05, 3.63) is 70.3 Å². The number of hydrogen-bond donors (Lipinski definition) is 1. The molecule has 1 saturated heterocycles. The fraction of sp³-hybridized carbons (Fsp3) is 0.536. The molecule has 1 unspecified atom stereocenters. The number of fused-ring (bicyclic) bond motifs is 1. The van der Waals surface area contributed by atoms with Crippen LogP contribution in [0.2, 0.25) is 0 Å². The zero-order valence-corrected chi connectivity index (χ0v) is 19.9. The Bertz CT molecular complexity index is 844. The van der Waals surface area contributed by atoms with Gasteiger partial charge in [-0.15, -0.1) is 0 Å². The molecule has 0 aromatic heterocycles. The van der Waals surface area contributed by atoms with Crippen molar-refractivity contribution in [1.29, 1.82) is 0 Å². The lowest BCUT2D eigenvalue weighted by Gasteiger charge is -2.32. The Labute approximate surface area is 190 Å². The number of Topliss-reactive ketones (excluding diaryl/α,β-unsaturated/α-hetero) is 1. The Kier molecular flexibility index (Phi) is 8.86. The Morgan fingerprint density at radius 1 is 1.10 bits per heavy atom. The fourth-order valence-electron chi connectivity index (χ4n) is 5.05. The Balaban J connectivity index is 0.00000118. The van der Waals surface area contributed by atoms with E-state index < -0.39 is 0 Å². The third kappa shape index (κ3) is 6.51. The molecule has 1 fully saturated rings. The Morgan fingerprint density at radius 2 is 1.81 bits per heavy atom. The molecule has 0 spiro atoms. The van der Waals surface area contributed by atoms with Gasteiger partial charge in [0, 0.05) is 27.0 Å². The van der Waals surface area contributed by atoms with Gasteiger partial charge in [-0.3, -0.25) is 9.69 Å². The Hall–Kier alpha value is -1.97. The van der Waals surface area contributed by atoms with E-state index in [2.05, 4.69) is 59.6 Å². The van der Waals surface area contributed by atoms with Crippen LogP contribution in [0.15, 0.2) is 42.5 Å². The average Bonchev–Trinajstić information content (AvgIpc) is 3.17. The van der Waals surface area contributed by atoms with Crippen LogP contribution in [0.1, 0.15) is 81.7 Å². The highest BCUT2D eigenvalue weighted by Gasteiger charge is 2.25. The number of carbonyl (C=O) groups is 1. The zero-order valence-electron chi connectivity index (χ0n) is 19.9. The highest BCUT2D eigenvalue weighted by molar-refractivity contribution is 5.78. The van der Waals surface area contributed by atoms with Crippen LogP contribution >= 0.6 is 0 Å². The largest absolute Gasteiger partial charge is 0.306 e. The van der Waals surface area contributed by atoms with Crippen LogP contribution in [0, 0.1) is 12.8 Å². The number of aryl methyl sites for hydroxylation is 1. The highest BCUT2D eigenvalue weighted by Crippen LogP contribution is 2.34. The maximum Gasteiger partial charge on any atom is 0.134 e. The molecule has 0 bridgehead atoms. The van der Waals surface area contributed by atoms with Gasteiger partial charge in [-0.05, 0) is 86.4 Å². The van der Waals surface area contributed by atoms with Crippen LogP contribution in [0.25, 0.3) is 0 Å². The van der Waals surface area contributed by atoms with Crippen molar-refractivity contribution >= 4 is 5.78 Å². The van der Waals surface area contributed by atoms with Crippen molar-refractivity contribution < 1.29 is 6.22 Å². The summed E-state index contributed by atoms with van der Waals surface area (Å²) in [4.78, 5) is 14.2. The van der Waals surface area contributed by atoms with Gasteiger partial charge in [0.05, 0.1) is 0 Å². The van der Waals surface area contributed by atoms with E-state index >= 15 is 0 Å². The monoisotopic (exact) mass is 422 g/mol. The van der Waals surface area contributed by atoms with Crippen molar-refractivity contribution in [2.24, 2.45) is 5.92 Å². The lowest BCUT2D eigenvalue weighted by Crippen LogP contribution is -2.33. The second-order valence-electron chi connectivity index (χ2n) is 9.07. The second kappa shape index (κ2) is 11.6. The van der Waals surface area contributed by atoms with Gasteiger partial charge >= 0.3 is 0 Å². The van der Waals surface area contributed by atoms with E-state index in [9.17, 15) is 4.79 Å². The number of piperidine rings is 1. The van der Waals surface area contributed by atoms with Crippen LogP contribution in [-0.2, 0) is 24.3 Å². The van der Waals surface area contributed by atoms with Crippen LogP contribution in [0.3, 0.4) is 0 Å². The number of benzene rings is 2. The SMILES string of the molecule is CC.CC(=O)Cc1cc2c(cc1C)CNC2CCC1CCN(Cc2ccccc2)CC1.[HH]. The number of nitrogens with zero attached hydrogens (tertiary/aromatic N) is 1. The minimum absolute atomic E-state index is 0. The summed E-state index contributed by atoms with van der Waals surface area (Å²) in [6.45, 7) is 12.3. The van der Waals surface area contributed by atoms with Crippen LogP contribution in [0.4, 0.5) is 0 Å². The molecule has 2 aromatic carbocycles. The van der Waals surface area contributed by atoms with Crippen molar-refractivity contribution in [2.45, 2.75) is 78.9 Å². The van der Waals surface area contributed by atoms with Gasteiger partial charge in [0.15, 0.2) is 0 Å². The predicted molar refractivity (Wildman–Crippen MR) is 132 cm³/mol. The number of rotatable bonds is 7. The van der Waals surface area contributed by atoms with E-state index in [1.807, 2.05) is 13.8 Å². The lowest BCUT2D eigenvalue weighted by atomic mass is 9.88. The van der Waals surface area contributed by atoms with E-state index in [1.165, 1.54) is 66.6 Å². The van der Waals surface area contributed by atoms with Crippen molar-refractivity contribution in [1.82, 2.24) is 10.2 Å². The van der Waals surface area contributed by atoms with Gasteiger partial charge in [0.25, 0.3) is 0 Å². The van der Waals surface area contributed by atoms with E-state index in [1.54, 1.807) is 6.92 Å². The molecule has 0 aliphatic carbocycles. The smallest absolute Gasteiger partial charge is 0.134 e. The fourth-order valence-corrected chi connectivity index (χ4v) is 5.05. The summed E-state index contributed by atoms with van der Waals surface area (Å²) < 4.78 is 0. The van der Waals surface area contributed by atoms with Gasteiger partial charge in [0.2, 0.25) is 0 Å². The van der Waals surface area contributed by atoms with E-state index in [0.717, 1.165) is 19.0 Å². The van der Waals surface area contributed by atoms with Crippen LogP contribution < -0.4 is 5.32 Å². The molecule has 170 valence electrons. The first-order valence-corrected chi connectivity index (χ1v) is 12.2. The molecule has 0 amide bonds. The maximum absolute atomic E-state index is 11.6. The van der Waals surface area contributed by atoms with E-state index in [0.29, 0.717) is 12.5 Å². The van der Waals surface area contributed by atoms with Gasteiger partial charge in [0.1, 0.15) is 5.78 Å². The van der Waals surface area contributed by atoms with E-state index in [-0.39, 0.29) is 7.21 Å². The molecular weight excluding hydrogens is 380 g/mol. The van der Waals surface area contributed by atoms with Crippen LogP contribution in [0.5, 0.6) is 0 Å². The molecule has 2 aliphatic rings. The van der Waals surface area contributed by atoms with Gasteiger partial charge in [-0.1, -0.05) is 56.3 Å². The lowest BCUT2D eigenvalue weighted by molar-refractivity contribution is -0.116. The summed E-state index contributed by atoms with van der Waals surface area (Å²) in [6.07, 6.45) is 5.70. The molecule has 1 N–H and O–H groups in total. The number of ketones is 1. The Morgan fingerprint density at radius 3 is 2.48 bits per heavy atom. The number of carbonyl (C=O) groups excluding carboxylic acids is 1. The molecule has 3 heteroatoms. The molecule has 2 heterocycles.